The maximum Gasteiger partial charge on any atom is 0.325 e. The van der Waals surface area contributed by atoms with Gasteiger partial charge in [-0.1, -0.05) is 6.58 Å². The average Bonchev–Trinajstić information content (AvgIpc) is 2.50. The lowest BCUT2D eigenvalue weighted by Gasteiger charge is -2.20. The van der Waals surface area contributed by atoms with Crippen molar-refractivity contribution in [1.29, 1.82) is 0 Å². The van der Waals surface area contributed by atoms with Crippen LogP contribution in [0, 0.1) is 0 Å². The lowest BCUT2D eigenvalue weighted by atomic mass is 10.2. The van der Waals surface area contributed by atoms with Crippen molar-refractivity contribution in [2.24, 2.45) is 5.73 Å². The SMILES string of the molecule is C=C(NC(=O)[C@H](CCSC)NC(=O)[C@H](C)N)C(=O)N[C@@H](C)C(=O)O. The maximum absolute atomic E-state index is 12.2. The van der Waals surface area contributed by atoms with Gasteiger partial charge in [0.05, 0.1) is 11.7 Å². The number of hydrogen-bond acceptors (Lipinski definition) is 6. The second kappa shape index (κ2) is 10.7. The molecule has 0 spiro atoms. The Kier molecular flexibility index (Phi) is 9.74. The zero-order valence-electron chi connectivity index (χ0n) is 13.9. The van der Waals surface area contributed by atoms with E-state index in [9.17, 15) is 19.2 Å². The van der Waals surface area contributed by atoms with Crippen LogP contribution >= 0.6 is 11.8 Å². The molecule has 0 unspecified atom stereocenters. The molecular formula is C14H24N4O5S. The minimum atomic E-state index is -1.22. The van der Waals surface area contributed by atoms with Gasteiger partial charge in [-0.15, -0.1) is 0 Å². The number of carbonyl (C=O) groups is 4. The number of carboxylic acids is 1. The van der Waals surface area contributed by atoms with Crippen LogP contribution < -0.4 is 21.7 Å². The van der Waals surface area contributed by atoms with Crippen molar-refractivity contribution in [2.45, 2.75) is 38.4 Å². The number of amides is 3. The summed E-state index contributed by atoms with van der Waals surface area (Å²) in [5.74, 6) is -2.55. The van der Waals surface area contributed by atoms with E-state index >= 15 is 0 Å². The number of carboxylic acid groups (broad SMARTS) is 1. The third-order valence-electron chi connectivity index (χ3n) is 2.92. The Morgan fingerprint density at radius 3 is 2.21 bits per heavy atom. The maximum atomic E-state index is 12.2. The molecule has 0 aliphatic carbocycles. The van der Waals surface area contributed by atoms with Gasteiger partial charge < -0.3 is 26.8 Å². The van der Waals surface area contributed by atoms with Gasteiger partial charge in [0, 0.05) is 0 Å². The molecule has 0 fully saturated rings. The first-order valence-corrected chi connectivity index (χ1v) is 8.57. The van der Waals surface area contributed by atoms with Crippen LogP contribution in [0.4, 0.5) is 0 Å². The van der Waals surface area contributed by atoms with Gasteiger partial charge in [-0.2, -0.15) is 11.8 Å². The summed E-state index contributed by atoms with van der Waals surface area (Å²) in [6.45, 7) is 6.17. The van der Waals surface area contributed by atoms with Crippen LogP contribution in [-0.4, -0.2) is 58.9 Å². The standard InChI is InChI=1S/C14H24N4O5S/c1-7(15)11(19)18-10(5-6-24-4)13(21)16-8(2)12(20)17-9(3)14(22)23/h7,9-10H,2,5-6,15H2,1,3-4H3,(H,16,21)(H,17,20)(H,18,19)(H,22,23)/t7-,9-,10-/m0/s1. The molecule has 0 aliphatic heterocycles. The molecule has 0 aliphatic rings. The van der Waals surface area contributed by atoms with Gasteiger partial charge in [-0.3, -0.25) is 19.2 Å². The molecule has 3 atom stereocenters. The predicted octanol–water partition coefficient (Wildman–Crippen LogP) is -1.21. The highest BCUT2D eigenvalue weighted by Gasteiger charge is 2.24. The number of nitrogens with two attached hydrogens (primary N) is 1. The molecule has 6 N–H and O–H groups in total. The predicted molar refractivity (Wildman–Crippen MR) is 91.1 cm³/mol. The van der Waals surface area contributed by atoms with Gasteiger partial charge in [0.1, 0.15) is 12.1 Å². The highest BCUT2D eigenvalue weighted by atomic mass is 32.2. The zero-order valence-corrected chi connectivity index (χ0v) is 14.7. The number of aliphatic carboxylic acids is 1. The molecule has 136 valence electrons. The molecule has 0 saturated carbocycles. The summed E-state index contributed by atoms with van der Waals surface area (Å²) in [6.07, 6.45) is 2.19. The number of rotatable bonds is 10. The fourth-order valence-corrected chi connectivity index (χ4v) is 1.92. The Hall–Kier alpha value is -2.07. The van der Waals surface area contributed by atoms with Crippen LogP contribution in [0.25, 0.3) is 0 Å². The van der Waals surface area contributed by atoms with E-state index in [0.717, 1.165) is 0 Å². The molecule has 0 heterocycles. The van der Waals surface area contributed by atoms with Gasteiger partial charge in [0.2, 0.25) is 11.8 Å². The second-order valence-electron chi connectivity index (χ2n) is 5.13. The summed E-state index contributed by atoms with van der Waals surface area (Å²) in [5, 5.41) is 15.7. The second-order valence-corrected chi connectivity index (χ2v) is 6.12. The minimum absolute atomic E-state index is 0.308. The molecule has 24 heavy (non-hydrogen) atoms. The molecule has 9 nitrogen and oxygen atoms in total. The van der Waals surface area contributed by atoms with Gasteiger partial charge in [0.25, 0.3) is 5.91 Å². The van der Waals surface area contributed by atoms with Crippen LogP contribution in [0.3, 0.4) is 0 Å². The number of thioether (sulfide) groups is 1. The van der Waals surface area contributed by atoms with E-state index in [-0.39, 0.29) is 5.70 Å². The largest absolute Gasteiger partial charge is 0.480 e. The van der Waals surface area contributed by atoms with Crippen molar-refractivity contribution in [2.75, 3.05) is 12.0 Å². The number of nitrogens with one attached hydrogen (secondary N) is 3. The molecule has 0 radical (unpaired) electrons. The minimum Gasteiger partial charge on any atom is -0.480 e. The summed E-state index contributed by atoms with van der Waals surface area (Å²) in [5.41, 5.74) is 5.15. The fourth-order valence-electron chi connectivity index (χ4n) is 1.45. The van der Waals surface area contributed by atoms with Crippen LogP contribution in [0.2, 0.25) is 0 Å². The summed E-state index contributed by atoms with van der Waals surface area (Å²) in [4.78, 5) is 46.3. The van der Waals surface area contributed by atoms with E-state index in [1.54, 1.807) is 0 Å². The van der Waals surface area contributed by atoms with E-state index in [2.05, 4.69) is 22.5 Å². The van der Waals surface area contributed by atoms with Gasteiger partial charge in [0.15, 0.2) is 0 Å². The molecule has 0 aromatic rings. The van der Waals surface area contributed by atoms with E-state index in [1.165, 1.54) is 25.6 Å². The summed E-state index contributed by atoms with van der Waals surface area (Å²) < 4.78 is 0. The topological polar surface area (TPSA) is 151 Å². The van der Waals surface area contributed by atoms with Crippen LogP contribution in [-0.2, 0) is 19.2 Å². The smallest absolute Gasteiger partial charge is 0.325 e. The van der Waals surface area contributed by atoms with Gasteiger partial charge in [-0.25, -0.2) is 0 Å². The van der Waals surface area contributed by atoms with Crippen molar-refractivity contribution in [3.05, 3.63) is 12.3 Å². The quantitative estimate of drug-likeness (QED) is 0.307. The molecule has 0 aromatic carbocycles. The Bertz CT molecular complexity index is 509. The first-order valence-electron chi connectivity index (χ1n) is 7.18. The van der Waals surface area contributed by atoms with Crippen LogP contribution in [0.15, 0.2) is 12.3 Å². The summed E-state index contributed by atoms with van der Waals surface area (Å²) in [6, 6.07) is -2.79. The lowest BCUT2D eigenvalue weighted by molar-refractivity contribution is -0.140. The molecule has 3 amide bonds. The fraction of sp³-hybridized carbons (Fsp3) is 0.571. The van der Waals surface area contributed by atoms with E-state index < -0.39 is 41.8 Å². The summed E-state index contributed by atoms with van der Waals surface area (Å²) >= 11 is 1.49. The first kappa shape index (κ1) is 21.9. The van der Waals surface area contributed by atoms with Gasteiger partial charge in [-0.05, 0) is 32.3 Å². The van der Waals surface area contributed by atoms with Crippen molar-refractivity contribution < 1.29 is 24.3 Å². The van der Waals surface area contributed by atoms with E-state index in [0.29, 0.717) is 12.2 Å². The average molecular weight is 360 g/mol. The zero-order chi connectivity index (χ0) is 18.9. The van der Waals surface area contributed by atoms with Crippen LogP contribution in [0.1, 0.15) is 20.3 Å². The highest BCUT2D eigenvalue weighted by molar-refractivity contribution is 7.98. The normalized spacial score (nSPS) is 14.0. The molecule has 0 saturated heterocycles. The number of carbonyl (C=O) groups excluding carboxylic acids is 3. The van der Waals surface area contributed by atoms with Gasteiger partial charge >= 0.3 is 5.97 Å². The van der Waals surface area contributed by atoms with E-state index in [1.807, 2.05) is 6.26 Å². The van der Waals surface area contributed by atoms with Crippen molar-refractivity contribution in [3.8, 4) is 0 Å². The third kappa shape index (κ3) is 7.97. The van der Waals surface area contributed by atoms with Crippen molar-refractivity contribution in [3.63, 3.8) is 0 Å². The Morgan fingerprint density at radius 1 is 1.17 bits per heavy atom. The van der Waals surface area contributed by atoms with E-state index in [4.69, 9.17) is 10.8 Å². The van der Waals surface area contributed by atoms with Crippen molar-refractivity contribution in [1.82, 2.24) is 16.0 Å². The molecule has 0 aromatic heterocycles. The van der Waals surface area contributed by atoms with Crippen molar-refractivity contribution >= 4 is 35.5 Å². The van der Waals surface area contributed by atoms with Crippen LogP contribution in [0.5, 0.6) is 0 Å². The summed E-state index contributed by atoms with van der Waals surface area (Å²) in [7, 11) is 0. The lowest BCUT2D eigenvalue weighted by Crippen LogP contribution is -2.52. The Labute approximate surface area is 144 Å². The highest BCUT2D eigenvalue weighted by Crippen LogP contribution is 2.02. The Balaban J connectivity index is 4.78. The molecule has 0 bridgehead atoms. The molecule has 10 heteroatoms. The monoisotopic (exact) mass is 360 g/mol. The molecular weight excluding hydrogens is 336 g/mol. The number of hydrogen-bond donors (Lipinski definition) is 5. The third-order valence-corrected chi connectivity index (χ3v) is 3.57. The molecule has 0 rings (SSSR count). The first-order chi connectivity index (χ1) is 11.1. The Morgan fingerprint density at radius 2 is 1.75 bits per heavy atom.